The summed E-state index contributed by atoms with van der Waals surface area (Å²) in [4.78, 5) is 23.5. The number of nitro groups is 1. The first-order chi connectivity index (χ1) is 19.9. The van der Waals surface area contributed by atoms with E-state index in [9.17, 15) is 23.3 Å². The zero-order valence-electron chi connectivity index (χ0n) is 23.2. The van der Waals surface area contributed by atoms with Gasteiger partial charge in [0.15, 0.2) is 0 Å². The number of hydrogen-bond donors (Lipinski definition) is 1. The van der Waals surface area contributed by atoms with Gasteiger partial charge in [-0.25, -0.2) is 13.8 Å². The molecule has 1 N–H and O–H groups in total. The second-order valence-electron chi connectivity index (χ2n) is 9.32. The van der Waals surface area contributed by atoms with E-state index in [1.54, 1.807) is 18.2 Å². The largest absolute Gasteiger partial charge is 0.497 e. The second kappa shape index (κ2) is 12.5. The van der Waals surface area contributed by atoms with Crippen LogP contribution in [0.25, 0.3) is 5.69 Å². The number of aryl methyl sites for hydroxylation is 2. The fraction of sp³-hybridized carbons (Fsp3) is 0.172. The van der Waals surface area contributed by atoms with Crippen LogP contribution in [0.5, 0.6) is 5.75 Å². The maximum Gasteiger partial charge on any atom is 0.273 e. The Kier molecular flexibility index (Phi) is 8.98. The summed E-state index contributed by atoms with van der Waals surface area (Å²) in [6, 6.07) is 18.9. The Labute approximate surface area is 248 Å². The van der Waals surface area contributed by atoms with E-state index in [0.29, 0.717) is 16.3 Å². The van der Waals surface area contributed by atoms with Gasteiger partial charge in [-0.15, -0.1) is 0 Å². The summed E-state index contributed by atoms with van der Waals surface area (Å²) in [7, 11) is -2.94. The lowest BCUT2D eigenvalue weighted by atomic mass is 10.2. The standard InChI is InChI=1S/C29H28ClN5O6S/c1-19-9-14-25(16-28(19)35(37)38)42(39,40)33(23-10-12-24(41-4)13-11-23)18-29(36)32-31-17-22-15-20(2)34(21(22)3)27-8-6-5-7-26(27)30/h5-17H,18H2,1-4H3,(H,32,36)/b31-17+. The zero-order chi connectivity index (χ0) is 30.6. The van der Waals surface area contributed by atoms with Gasteiger partial charge in [-0.2, -0.15) is 5.10 Å². The molecule has 4 rings (SSSR count). The Morgan fingerprint density at radius 1 is 1.10 bits per heavy atom. The second-order valence-corrected chi connectivity index (χ2v) is 11.6. The molecule has 0 saturated carbocycles. The molecule has 0 bridgehead atoms. The minimum atomic E-state index is -4.40. The van der Waals surface area contributed by atoms with Crippen LogP contribution in [0.4, 0.5) is 11.4 Å². The number of rotatable bonds is 10. The Hall–Kier alpha value is -4.68. The zero-order valence-corrected chi connectivity index (χ0v) is 24.8. The first-order valence-corrected chi connectivity index (χ1v) is 14.4. The van der Waals surface area contributed by atoms with Gasteiger partial charge >= 0.3 is 0 Å². The highest BCUT2D eigenvalue weighted by Crippen LogP contribution is 2.29. The normalized spacial score (nSPS) is 11.5. The van der Waals surface area contributed by atoms with Crippen LogP contribution in [-0.2, 0) is 14.8 Å². The highest BCUT2D eigenvalue weighted by atomic mass is 35.5. The van der Waals surface area contributed by atoms with Crippen molar-refractivity contribution in [2.75, 3.05) is 18.0 Å². The highest BCUT2D eigenvalue weighted by molar-refractivity contribution is 7.92. The number of methoxy groups -OCH3 is 1. The van der Waals surface area contributed by atoms with Crippen LogP contribution in [0.2, 0.25) is 5.02 Å². The van der Waals surface area contributed by atoms with Crippen LogP contribution in [0.1, 0.15) is 22.5 Å². The van der Waals surface area contributed by atoms with Gasteiger partial charge in [0.25, 0.3) is 21.6 Å². The Morgan fingerprint density at radius 2 is 1.79 bits per heavy atom. The predicted molar refractivity (Wildman–Crippen MR) is 161 cm³/mol. The van der Waals surface area contributed by atoms with Gasteiger partial charge in [0.05, 0.1) is 39.5 Å². The first-order valence-electron chi connectivity index (χ1n) is 12.6. The third kappa shape index (κ3) is 6.29. The van der Waals surface area contributed by atoms with E-state index in [1.165, 1.54) is 44.5 Å². The SMILES string of the molecule is COc1ccc(N(CC(=O)N/N=C/c2cc(C)n(-c3ccccc3Cl)c2C)S(=O)(=O)c2ccc(C)c([N+](=O)[O-])c2)cc1. The van der Waals surface area contributed by atoms with Crippen LogP contribution >= 0.6 is 11.6 Å². The van der Waals surface area contributed by atoms with Crippen LogP contribution in [0.3, 0.4) is 0 Å². The number of nitrogens with zero attached hydrogens (tertiary/aromatic N) is 4. The third-order valence-electron chi connectivity index (χ3n) is 6.57. The number of carbonyl (C=O) groups is 1. The van der Waals surface area contributed by atoms with Crippen LogP contribution in [-0.4, -0.2) is 43.7 Å². The average molecular weight is 610 g/mol. The summed E-state index contributed by atoms with van der Waals surface area (Å²) in [6.45, 7) is 4.66. The molecular weight excluding hydrogens is 582 g/mol. The van der Waals surface area contributed by atoms with Crippen molar-refractivity contribution in [1.82, 2.24) is 9.99 Å². The smallest absolute Gasteiger partial charge is 0.273 e. The van der Waals surface area contributed by atoms with Crippen molar-refractivity contribution in [2.45, 2.75) is 25.7 Å². The number of nitro benzene ring substituents is 1. The number of ether oxygens (including phenoxy) is 1. The summed E-state index contributed by atoms with van der Waals surface area (Å²) in [5.74, 6) is -0.252. The fourth-order valence-electron chi connectivity index (χ4n) is 4.40. The van der Waals surface area contributed by atoms with Gasteiger partial charge in [-0.05, 0) is 69.3 Å². The number of hydrogen-bond acceptors (Lipinski definition) is 7. The molecular formula is C29H28ClN5O6S. The molecule has 4 aromatic rings. The predicted octanol–water partition coefficient (Wildman–Crippen LogP) is 5.32. The maximum atomic E-state index is 13.7. The Balaban J connectivity index is 1.61. The molecule has 3 aromatic carbocycles. The fourth-order valence-corrected chi connectivity index (χ4v) is 6.06. The van der Waals surface area contributed by atoms with E-state index in [0.717, 1.165) is 33.0 Å². The molecule has 1 aromatic heterocycles. The minimum Gasteiger partial charge on any atom is -0.497 e. The monoisotopic (exact) mass is 609 g/mol. The number of hydrazone groups is 1. The van der Waals surface area contributed by atoms with Crippen molar-refractivity contribution < 1.29 is 22.9 Å². The Morgan fingerprint density at radius 3 is 2.43 bits per heavy atom. The van der Waals surface area contributed by atoms with Gasteiger partial charge in [-0.3, -0.25) is 19.2 Å². The third-order valence-corrected chi connectivity index (χ3v) is 8.66. The molecule has 0 aliphatic heterocycles. The van der Waals surface area contributed by atoms with E-state index >= 15 is 0 Å². The highest BCUT2D eigenvalue weighted by Gasteiger charge is 2.29. The summed E-state index contributed by atoms with van der Waals surface area (Å²) in [5.41, 5.74) is 5.74. The number of anilines is 1. The van der Waals surface area contributed by atoms with Gasteiger partial charge in [0.2, 0.25) is 0 Å². The van der Waals surface area contributed by atoms with Gasteiger partial charge in [0.1, 0.15) is 12.3 Å². The average Bonchev–Trinajstić information content (AvgIpc) is 3.24. The van der Waals surface area contributed by atoms with Crippen LogP contribution in [0, 0.1) is 30.9 Å². The topological polar surface area (TPSA) is 136 Å². The van der Waals surface area contributed by atoms with E-state index in [1.807, 2.05) is 42.7 Å². The number of sulfonamides is 1. The minimum absolute atomic E-state index is 0.154. The first kappa shape index (κ1) is 30.3. The summed E-state index contributed by atoms with van der Waals surface area (Å²) in [5, 5.41) is 16.1. The van der Waals surface area contributed by atoms with E-state index in [4.69, 9.17) is 16.3 Å². The summed E-state index contributed by atoms with van der Waals surface area (Å²) in [6.07, 6.45) is 1.46. The van der Waals surface area contributed by atoms with Crippen molar-refractivity contribution in [1.29, 1.82) is 0 Å². The summed E-state index contributed by atoms with van der Waals surface area (Å²) < 4.78 is 35.4. The molecule has 42 heavy (non-hydrogen) atoms. The van der Waals surface area contributed by atoms with Crippen molar-refractivity contribution in [2.24, 2.45) is 5.10 Å². The molecule has 1 amide bonds. The lowest BCUT2D eigenvalue weighted by Crippen LogP contribution is -2.39. The van der Waals surface area contributed by atoms with Crippen molar-refractivity contribution >= 4 is 45.1 Å². The number of carbonyl (C=O) groups excluding carboxylic acids is 1. The maximum absolute atomic E-state index is 13.7. The summed E-state index contributed by atoms with van der Waals surface area (Å²) >= 11 is 6.38. The number of amides is 1. The lowest BCUT2D eigenvalue weighted by Gasteiger charge is -2.24. The number of nitrogens with one attached hydrogen (secondary N) is 1. The molecule has 13 heteroatoms. The molecule has 11 nitrogen and oxygen atoms in total. The molecule has 0 fully saturated rings. The molecule has 0 saturated heterocycles. The van der Waals surface area contributed by atoms with Gasteiger partial charge in [-0.1, -0.05) is 29.8 Å². The number of aromatic nitrogens is 1. The van der Waals surface area contributed by atoms with Crippen LogP contribution < -0.4 is 14.5 Å². The molecule has 0 spiro atoms. The van der Waals surface area contributed by atoms with E-state index in [2.05, 4.69) is 10.5 Å². The molecule has 1 heterocycles. The lowest BCUT2D eigenvalue weighted by molar-refractivity contribution is -0.385. The van der Waals surface area contributed by atoms with Gasteiger partial charge in [0, 0.05) is 28.6 Å². The van der Waals surface area contributed by atoms with Crippen LogP contribution in [0.15, 0.2) is 82.8 Å². The molecule has 0 aliphatic rings. The molecule has 0 radical (unpaired) electrons. The van der Waals surface area contributed by atoms with Crippen molar-refractivity contribution in [3.8, 4) is 11.4 Å². The molecule has 0 atom stereocenters. The van der Waals surface area contributed by atoms with E-state index < -0.39 is 27.4 Å². The quantitative estimate of drug-likeness (QED) is 0.147. The van der Waals surface area contributed by atoms with Crippen molar-refractivity contribution in [3.05, 3.63) is 110 Å². The molecule has 0 aliphatic carbocycles. The number of para-hydroxylation sites is 1. The number of halogens is 1. The van der Waals surface area contributed by atoms with E-state index in [-0.39, 0.29) is 16.3 Å². The molecule has 218 valence electrons. The van der Waals surface area contributed by atoms with Crippen molar-refractivity contribution in [3.63, 3.8) is 0 Å². The van der Waals surface area contributed by atoms with Gasteiger partial charge < -0.3 is 9.30 Å². The Bertz CT molecular complexity index is 1780. The molecule has 0 unspecified atom stereocenters. The number of benzene rings is 3.